The molecule has 0 aliphatic carbocycles. The summed E-state index contributed by atoms with van der Waals surface area (Å²) in [5.41, 5.74) is 3.62. The number of carbonyl (C=O) groups is 1. The van der Waals surface area contributed by atoms with Gasteiger partial charge in [0.1, 0.15) is 5.75 Å². The van der Waals surface area contributed by atoms with Gasteiger partial charge in [0.2, 0.25) is 5.91 Å². The molecule has 2 aromatic rings. The summed E-state index contributed by atoms with van der Waals surface area (Å²) in [6.07, 6.45) is 0.281. The Labute approximate surface area is 185 Å². The van der Waals surface area contributed by atoms with Crippen LogP contribution in [-0.4, -0.2) is 30.0 Å². The van der Waals surface area contributed by atoms with Crippen molar-refractivity contribution < 1.29 is 9.53 Å². The third kappa shape index (κ3) is 3.76. The molecule has 2 heterocycles. The van der Waals surface area contributed by atoms with Gasteiger partial charge in [0.25, 0.3) is 0 Å². The van der Waals surface area contributed by atoms with E-state index < -0.39 is 0 Å². The van der Waals surface area contributed by atoms with E-state index in [1.165, 1.54) is 11.8 Å². The van der Waals surface area contributed by atoms with E-state index in [0.717, 1.165) is 27.6 Å². The summed E-state index contributed by atoms with van der Waals surface area (Å²) in [5.74, 6) is 1.24. The number of amides is 1. The third-order valence-electron chi connectivity index (χ3n) is 5.47. The number of thioether (sulfide) groups is 1. The average molecular weight is 440 g/mol. The van der Waals surface area contributed by atoms with Crippen molar-refractivity contribution in [2.75, 3.05) is 24.1 Å². The van der Waals surface area contributed by atoms with Crippen LogP contribution in [0.25, 0.3) is 0 Å². The Morgan fingerprint density at radius 1 is 1.27 bits per heavy atom. The molecule has 1 saturated heterocycles. The van der Waals surface area contributed by atoms with Crippen LogP contribution in [0.5, 0.6) is 5.75 Å². The van der Waals surface area contributed by atoms with E-state index in [9.17, 15) is 10.1 Å². The number of fused-ring (bicyclic) bond motifs is 1. The number of nitriles is 1. The predicted molar refractivity (Wildman–Crippen MR) is 120 cm³/mol. The fraction of sp³-hybridized carbons (Fsp3) is 0.304. The third-order valence-corrected chi connectivity index (χ3v) is 7.03. The molecule has 4 rings (SSSR count). The minimum atomic E-state index is -0.226. The van der Waals surface area contributed by atoms with Crippen LogP contribution in [0.2, 0.25) is 5.02 Å². The molecule has 2 aliphatic rings. The Morgan fingerprint density at radius 3 is 2.73 bits per heavy atom. The quantitative estimate of drug-likeness (QED) is 0.649. The van der Waals surface area contributed by atoms with Crippen molar-refractivity contribution in [1.82, 2.24) is 4.90 Å². The highest BCUT2D eigenvalue weighted by Crippen LogP contribution is 2.44. The lowest BCUT2D eigenvalue weighted by Gasteiger charge is -2.42. The minimum absolute atomic E-state index is 0.0276. The number of hydrogen-bond donors (Lipinski definition) is 0. The van der Waals surface area contributed by atoms with Crippen LogP contribution in [0.1, 0.15) is 30.4 Å². The second-order valence-corrected chi connectivity index (χ2v) is 8.59. The van der Waals surface area contributed by atoms with Crippen LogP contribution < -0.4 is 9.64 Å². The SMILES string of the molecule is CCOc1ccc([C@H]2CC(=O)N3CN(c4cccc(Cl)c4C)CSC3=C2C#N)cc1. The number of allylic oxidation sites excluding steroid dienone is 1. The van der Waals surface area contributed by atoms with Gasteiger partial charge in [-0.25, -0.2) is 0 Å². The molecule has 5 nitrogen and oxygen atoms in total. The second kappa shape index (κ2) is 8.63. The predicted octanol–water partition coefficient (Wildman–Crippen LogP) is 5.27. The van der Waals surface area contributed by atoms with Crippen molar-refractivity contribution >= 4 is 35.0 Å². The molecule has 7 heteroatoms. The molecule has 154 valence electrons. The standard InChI is InChI=1S/C23H22ClN3O2S/c1-3-29-17-9-7-16(8-10-17)18-11-22(28)27-13-26(14-30-23(27)19(18)12-25)21-6-4-5-20(24)15(21)2/h4-10,18H,3,11,13-14H2,1-2H3/t18-/m1/s1. The van der Waals surface area contributed by atoms with Gasteiger partial charge in [0.15, 0.2) is 0 Å². The van der Waals surface area contributed by atoms with Gasteiger partial charge in [-0.3, -0.25) is 9.69 Å². The van der Waals surface area contributed by atoms with Crippen LogP contribution in [0.3, 0.4) is 0 Å². The number of nitrogens with zero attached hydrogens (tertiary/aromatic N) is 3. The fourth-order valence-electron chi connectivity index (χ4n) is 3.90. The molecular formula is C23H22ClN3O2S. The topological polar surface area (TPSA) is 56.6 Å². The number of halogens is 1. The molecule has 0 bridgehead atoms. The summed E-state index contributed by atoms with van der Waals surface area (Å²) in [6, 6.07) is 15.9. The zero-order chi connectivity index (χ0) is 21.3. The van der Waals surface area contributed by atoms with Crippen LogP contribution in [-0.2, 0) is 4.79 Å². The molecule has 30 heavy (non-hydrogen) atoms. The molecule has 0 spiro atoms. The summed E-state index contributed by atoms with van der Waals surface area (Å²) in [5, 5.41) is 11.4. The van der Waals surface area contributed by atoms with Crippen molar-refractivity contribution in [3.8, 4) is 11.8 Å². The molecular weight excluding hydrogens is 418 g/mol. The normalized spacial score (nSPS) is 18.9. The van der Waals surface area contributed by atoms with E-state index in [4.69, 9.17) is 16.3 Å². The first-order valence-corrected chi connectivity index (χ1v) is 11.2. The van der Waals surface area contributed by atoms with Gasteiger partial charge in [-0.15, -0.1) is 0 Å². The fourth-order valence-corrected chi connectivity index (χ4v) is 5.23. The second-order valence-electron chi connectivity index (χ2n) is 7.25. The Kier molecular flexibility index (Phi) is 5.94. The molecule has 1 atom stereocenters. The highest BCUT2D eigenvalue weighted by Gasteiger charge is 2.38. The van der Waals surface area contributed by atoms with Crippen LogP contribution >= 0.6 is 23.4 Å². The first-order valence-electron chi connectivity index (χ1n) is 9.83. The van der Waals surface area contributed by atoms with E-state index in [1.807, 2.05) is 56.3 Å². The van der Waals surface area contributed by atoms with Crippen LogP contribution in [0.4, 0.5) is 5.69 Å². The molecule has 0 saturated carbocycles. The molecule has 0 unspecified atom stereocenters. The summed E-state index contributed by atoms with van der Waals surface area (Å²) >= 11 is 7.82. The number of ether oxygens (including phenoxy) is 1. The molecule has 0 radical (unpaired) electrons. The maximum atomic E-state index is 13.1. The molecule has 1 amide bonds. The van der Waals surface area contributed by atoms with E-state index in [-0.39, 0.29) is 18.2 Å². The maximum absolute atomic E-state index is 13.1. The molecule has 2 aromatic carbocycles. The summed E-state index contributed by atoms with van der Waals surface area (Å²) in [6.45, 7) is 4.94. The minimum Gasteiger partial charge on any atom is -0.494 e. The Balaban J connectivity index is 1.63. The maximum Gasteiger partial charge on any atom is 0.229 e. The van der Waals surface area contributed by atoms with E-state index in [1.54, 1.807) is 4.90 Å². The highest BCUT2D eigenvalue weighted by molar-refractivity contribution is 8.03. The Morgan fingerprint density at radius 2 is 2.03 bits per heavy atom. The zero-order valence-corrected chi connectivity index (χ0v) is 18.5. The first kappa shape index (κ1) is 20.6. The number of carbonyl (C=O) groups excluding carboxylic acids is 1. The van der Waals surface area contributed by atoms with E-state index >= 15 is 0 Å². The number of benzene rings is 2. The van der Waals surface area contributed by atoms with Crippen molar-refractivity contribution in [3.63, 3.8) is 0 Å². The lowest BCUT2D eigenvalue weighted by atomic mass is 9.86. The lowest BCUT2D eigenvalue weighted by molar-refractivity contribution is -0.129. The van der Waals surface area contributed by atoms with Gasteiger partial charge in [-0.2, -0.15) is 5.26 Å². The van der Waals surface area contributed by atoms with Crippen LogP contribution in [0, 0.1) is 18.3 Å². The van der Waals surface area contributed by atoms with E-state index in [2.05, 4.69) is 11.0 Å². The van der Waals surface area contributed by atoms with Gasteiger partial charge in [0.05, 0.1) is 35.8 Å². The van der Waals surface area contributed by atoms with Gasteiger partial charge < -0.3 is 9.64 Å². The van der Waals surface area contributed by atoms with Crippen LogP contribution in [0.15, 0.2) is 53.1 Å². The summed E-state index contributed by atoms with van der Waals surface area (Å²) in [4.78, 5) is 16.9. The Hall–Kier alpha value is -2.62. The number of hydrogen-bond acceptors (Lipinski definition) is 5. The van der Waals surface area contributed by atoms with Crippen molar-refractivity contribution in [2.24, 2.45) is 0 Å². The van der Waals surface area contributed by atoms with Gasteiger partial charge in [-0.05, 0) is 49.2 Å². The molecule has 1 fully saturated rings. The highest BCUT2D eigenvalue weighted by atomic mass is 35.5. The number of rotatable bonds is 4. The van der Waals surface area contributed by atoms with Crippen molar-refractivity contribution in [2.45, 2.75) is 26.2 Å². The smallest absolute Gasteiger partial charge is 0.229 e. The zero-order valence-electron chi connectivity index (χ0n) is 16.9. The lowest BCUT2D eigenvalue weighted by Crippen LogP contribution is -2.47. The largest absolute Gasteiger partial charge is 0.494 e. The van der Waals surface area contributed by atoms with E-state index in [0.29, 0.717) is 29.7 Å². The monoisotopic (exact) mass is 439 g/mol. The molecule has 2 aliphatic heterocycles. The average Bonchev–Trinajstić information content (AvgIpc) is 2.76. The van der Waals surface area contributed by atoms with Gasteiger partial charge >= 0.3 is 0 Å². The first-order chi connectivity index (χ1) is 14.5. The molecule has 0 N–H and O–H groups in total. The van der Waals surface area contributed by atoms with Gasteiger partial charge in [-0.1, -0.05) is 41.6 Å². The molecule has 0 aromatic heterocycles. The summed E-state index contributed by atoms with van der Waals surface area (Å²) in [7, 11) is 0. The van der Waals surface area contributed by atoms with Crippen molar-refractivity contribution in [1.29, 1.82) is 5.26 Å². The Bertz CT molecular complexity index is 1050. The van der Waals surface area contributed by atoms with Crippen molar-refractivity contribution in [3.05, 3.63) is 69.2 Å². The summed E-state index contributed by atoms with van der Waals surface area (Å²) < 4.78 is 5.51. The van der Waals surface area contributed by atoms with Gasteiger partial charge in [0, 0.05) is 23.0 Å². The number of anilines is 1.